The lowest BCUT2D eigenvalue weighted by Gasteiger charge is -2.22. The normalized spacial score (nSPS) is 23.9. The maximum Gasteiger partial charge on any atom is 0.208 e. The minimum atomic E-state index is -3.16. The number of likely N-dealkylation sites (tertiary alicyclic amines) is 1. The predicted molar refractivity (Wildman–Crippen MR) is 74.8 cm³/mol. The van der Waals surface area contributed by atoms with Gasteiger partial charge in [0.1, 0.15) is 11.5 Å². The first-order valence-corrected chi connectivity index (χ1v) is 9.06. The van der Waals surface area contributed by atoms with Crippen molar-refractivity contribution in [2.45, 2.75) is 44.7 Å². The zero-order chi connectivity index (χ0) is 14.2. The van der Waals surface area contributed by atoms with E-state index in [1.165, 1.54) is 19.1 Å². The van der Waals surface area contributed by atoms with Gasteiger partial charge in [-0.3, -0.25) is 4.90 Å². The molecule has 6 nitrogen and oxygen atoms in total. The van der Waals surface area contributed by atoms with Crippen molar-refractivity contribution in [2.75, 3.05) is 19.3 Å². The summed E-state index contributed by atoms with van der Waals surface area (Å²) in [5.74, 6) is 0.936. The van der Waals surface area contributed by atoms with Gasteiger partial charge in [0.2, 0.25) is 10.0 Å². The number of fused-ring (bicyclic) bond motifs is 1. The van der Waals surface area contributed by atoms with Crippen LogP contribution in [0.4, 0.5) is 0 Å². The van der Waals surface area contributed by atoms with E-state index >= 15 is 0 Å². The van der Waals surface area contributed by atoms with E-state index in [2.05, 4.69) is 14.8 Å². The Bertz CT molecular complexity index is 576. The zero-order valence-corrected chi connectivity index (χ0v) is 12.6. The summed E-state index contributed by atoms with van der Waals surface area (Å²) < 4.78 is 30.8. The summed E-state index contributed by atoms with van der Waals surface area (Å²) in [4.78, 5) is 2.38. The highest BCUT2D eigenvalue weighted by Crippen LogP contribution is 2.26. The van der Waals surface area contributed by atoms with Gasteiger partial charge in [0.15, 0.2) is 0 Å². The van der Waals surface area contributed by atoms with E-state index in [-0.39, 0.29) is 6.04 Å². The molecule has 1 atom stereocenters. The molecule has 0 spiro atoms. The Kier molecular flexibility index (Phi) is 3.83. The first-order valence-electron chi connectivity index (χ1n) is 7.17. The van der Waals surface area contributed by atoms with Crippen molar-refractivity contribution in [1.29, 1.82) is 0 Å². The maximum absolute atomic E-state index is 11.4. The molecule has 3 rings (SSSR count). The van der Waals surface area contributed by atoms with Gasteiger partial charge >= 0.3 is 0 Å². The lowest BCUT2D eigenvalue weighted by Crippen LogP contribution is -2.38. The number of hydrogen-bond donors (Lipinski definition) is 1. The van der Waals surface area contributed by atoms with E-state index in [0.29, 0.717) is 6.42 Å². The van der Waals surface area contributed by atoms with E-state index in [0.717, 1.165) is 49.5 Å². The zero-order valence-electron chi connectivity index (χ0n) is 11.8. The van der Waals surface area contributed by atoms with Crippen LogP contribution in [0.2, 0.25) is 0 Å². The molecule has 0 saturated carbocycles. The highest BCUT2D eigenvalue weighted by atomic mass is 32.2. The molecule has 2 aliphatic rings. The second-order valence-electron chi connectivity index (χ2n) is 5.84. The quantitative estimate of drug-likeness (QED) is 0.884. The lowest BCUT2D eigenvalue weighted by molar-refractivity contribution is 0.310. The monoisotopic (exact) mass is 299 g/mol. The largest absolute Gasteiger partial charge is 0.361 e. The van der Waals surface area contributed by atoms with Crippen molar-refractivity contribution in [3.8, 4) is 0 Å². The van der Waals surface area contributed by atoms with Crippen molar-refractivity contribution >= 4 is 10.0 Å². The molecule has 1 fully saturated rings. The van der Waals surface area contributed by atoms with Crippen LogP contribution in [0.25, 0.3) is 0 Å². The SMILES string of the molecule is CS(=O)(=O)NC1CCc2onc(CN3CCCC3)c2C1. The molecule has 1 unspecified atom stereocenters. The summed E-state index contributed by atoms with van der Waals surface area (Å²) in [6.07, 6.45) is 5.93. The third-order valence-electron chi connectivity index (χ3n) is 4.07. The van der Waals surface area contributed by atoms with Crippen LogP contribution in [0.5, 0.6) is 0 Å². The van der Waals surface area contributed by atoms with Crippen molar-refractivity contribution in [3.05, 3.63) is 17.0 Å². The van der Waals surface area contributed by atoms with E-state index in [1.807, 2.05) is 0 Å². The number of aryl methyl sites for hydroxylation is 1. The molecule has 1 saturated heterocycles. The van der Waals surface area contributed by atoms with Crippen molar-refractivity contribution in [1.82, 2.24) is 14.8 Å². The van der Waals surface area contributed by atoms with E-state index in [9.17, 15) is 8.42 Å². The number of sulfonamides is 1. The summed E-state index contributed by atoms with van der Waals surface area (Å²) in [7, 11) is -3.16. The molecule has 1 N–H and O–H groups in total. The van der Waals surface area contributed by atoms with Crippen LogP contribution in [0, 0.1) is 0 Å². The second-order valence-corrected chi connectivity index (χ2v) is 7.62. The number of hydrogen-bond acceptors (Lipinski definition) is 5. The maximum atomic E-state index is 11.4. The fourth-order valence-corrected chi connectivity index (χ4v) is 3.95. The average Bonchev–Trinajstić information content (AvgIpc) is 2.98. The van der Waals surface area contributed by atoms with Crippen molar-refractivity contribution in [3.63, 3.8) is 0 Å². The predicted octanol–water partition coefficient (Wildman–Crippen LogP) is 0.677. The summed E-state index contributed by atoms with van der Waals surface area (Å²) in [6, 6.07) is -0.0331. The molecule has 0 amide bonds. The molecule has 1 aliphatic heterocycles. The first kappa shape index (κ1) is 14.0. The lowest BCUT2D eigenvalue weighted by atomic mass is 9.92. The smallest absolute Gasteiger partial charge is 0.208 e. The summed E-state index contributed by atoms with van der Waals surface area (Å²) in [5, 5.41) is 4.20. The number of nitrogens with zero attached hydrogens (tertiary/aromatic N) is 2. The number of aromatic nitrogens is 1. The van der Waals surface area contributed by atoms with Gasteiger partial charge < -0.3 is 4.52 Å². The Morgan fingerprint density at radius 2 is 2.15 bits per heavy atom. The summed E-state index contributed by atoms with van der Waals surface area (Å²) >= 11 is 0. The van der Waals surface area contributed by atoms with Crippen LogP contribution in [0.1, 0.15) is 36.3 Å². The van der Waals surface area contributed by atoms with Crippen LogP contribution in [-0.4, -0.2) is 43.9 Å². The van der Waals surface area contributed by atoms with Crippen LogP contribution in [-0.2, 0) is 29.4 Å². The molecular formula is C13H21N3O3S. The summed E-state index contributed by atoms with van der Waals surface area (Å²) in [5.41, 5.74) is 2.10. The van der Waals surface area contributed by atoms with Gasteiger partial charge in [0, 0.05) is 24.6 Å². The van der Waals surface area contributed by atoms with Gasteiger partial charge in [-0.05, 0) is 38.8 Å². The molecular weight excluding hydrogens is 278 g/mol. The van der Waals surface area contributed by atoms with Crippen LogP contribution in [0.15, 0.2) is 4.52 Å². The third kappa shape index (κ3) is 3.21. The highest BCUT2D eigenvalue weighted by molar-refractivity contribution is 7.88. The number of nitrogens with one attached hydrogen (secondary N) is 1. The standard InChI is InChI=1S/C13H21N3O3S/c1-20(17,18)15-10-4-5-13-11(8-10)12(14-19-13)9-16-6-2-3-7-16/h10,15H,2-9H2,1H3. The van der Waals surface area contributed by atoms with Gasteiger partial charge in [-0.25, -0.2) is 13.1 Å². The topological polar surface area (TPSA) is 75.4 Å². The van der Waals surface area contributed by atoms with E-state index < -0.39 is 10.0 Å². The highest BCUT2D eigenvalue weighted by Gasteiger charge is 2.28. The van der Waals surface area contributed by atoms with Gasteiger partial charge in [-0.2, -0.15) is 0 Å². The molecule has 0 bridgehead atoms. The van der Waals surface area contributed by atoms with Crippen LogP contribution >= 0.6 is 0 Å². The first-order chi connectivity index (χ1) is 9.51. The molecule has 112 valence electrons. The Morgan fingerprint density at radius 3 is 2.85 bits per heavy atom. The van der Waals surface area contributed by atoms with Gasteiger partial charge in [-0.15, -0.1) is 0 Å². The fraction of sp³-hybridized carbons (Fsp3) is 0.769. The van der Waals surface area contributed by atoms with Gasteiger partial charge in [0.25, 0.3) is 0 Å². The molecule has 2 heterocycles. The van der Waals surface area contributed by atoms with Crippen molar-refractivity contribution < 1.29 is 12.9 Å². The van der Waals surface area contributed by atoms with Gasteiger partial charge in [-0.1, -0.05) is 5.16 Å². The Hall–Kier alpha value is -0.920. The molecule has 7 heteroatoms. The van der Waals surface area contributed by atoms with E-state index in [1.54, 1.807) is 0 Å². The molecule has 0 aromatic carbocycles. The molecule has 20 heavy (non-hydrogen) atoms. The summed E-state index contributed by atoms with van der Waals surface area (Å²) in [6.45, 7) is 3.06. The minimum Gasteiger partial charge on any atom is -0.361 e. The minimum absolute atomic E-state index is 0.0331. The van der Waals surface area contributed by atoms with Crippen molar-refractivity contribution in [2.24, 2.45) is 0 Å². The average molecular weight is 299 g/mol. The van der Waals surface area contributed by atoms with Gasteiger partial charge in [0.05, 0.1) is 6.26 Å². The molecule has 0 radical (unpaired) electrons. The van der Waals surface area contributed by atoms with E-state index in [4.69, 9.17) is 4.52 Å². The molecule has 1 aromatic heterocycles. The second kappa shape index (κ2) is 5.46. The van der Waals surface area contributed by atoms with Crippen LogP contribution < -0.4 is 4.72 Å². The Balaban J connectivity index is 1.72. The molecule has 1 aromatic rings. The number of rotatable bonds is 4. The molecule has 1 aliphatic carbocycles. The Morgan fingerprint density at radius 1 is 1.40 bits per heavy atom. The van der Waals surface area contributed by atoms with Crippen LogP contribution in [0.3, 0.4) is 0 Å². The third-order valence-corrected chi connectivity index (χ3v) is 4.84. The Labute approximate surface area is 119 Å². The fourth-order valence-electron chi connectivity index (χ4n) is 3.14.